The number of nitrogens with zero attached hydrogens (tertiary/aromatic N) is 1. The fraction of sp³-hybridized carbons (Fsp3) is 0. The van der Waals surface area contributed by atoms with Crippen LogP contribution in [0.15, 0.2) is 12.1 Å². The summed E-state index contributed by atoms with van der Waals surface area (Å²) in [6.07, 6.45) is 0. The Morgan fingerprint density at radius 2 is 1.71 bits per heavy atom. The van der Waals surface area contributed by atoms with Crippen molar-refractivity contribution in [2.24, 2.45) is 0 Å². The van der Waals surface area contributed by atoms with Crippen molar-refractivity contribution in [2.45, 2.75) is 0 Å². The zero-order chi connectivity index (χ0) is 10.5. The van der Waals surface area contributed by atoms with Gasteiger partial charge in [-0.3, -0.25) is 9.59 Å². The molecule has 1 heterocycles. The maximum Gasteiger partial charge on any atom is 0.293 e. The normalized spacial score (nSPS) is 14.9. The molecule has 1 aliphatic rings. The second-order valence-electron chi connectivity index (χ2n) is 2.68. The predicted molar refractivity (Wildman–Crippen MR) is 38.0 cm³/mol. The van der Waals surface area contributed by atoms with Gasteiger partial charge in [-0.05, 0) is 12.1 Å². The minimum atomic E-state index is -1.50. The van der Waals surface area contributed by atoms with E-state index in [0.717, 1.165) is 6.07 Å². The molecule has 0 fully saturated rings. The lowest BCUT2D eigenvalue weighted by Crippen LogP contribution is -2.19. The Morgan fingerprint density at radius 3 is 2.36 bits per heavy atom. The van der Waals surface area contributed by atoms with Gasteiger partial charge >= 0.3 is 0 Å². The summed E-state index contributed by atoms with van der Waals surface area (Å²) in [7, 11) is 0. The average molecular weight is 201 g/mol. The number of hydrogen-bond donors (Lipinski definition) is 0. The van der Waals surface area contributed by atoms with Crippen molar-refractivity contribution in [1.29, 1.82) is 0 Å². The third-order valence-electron chi connectivity index (χ3n) is 1.90. The second kappa shape index (κ2) is 2.57. The Kier molecular flexibility index (Phi) is 1.60. The summed E-state index contributed by atoms with van der Waals surface area (Å²) < 4.78 is 38.2. The number of imide groups is 1. The van der Waals surface area contributed by atoms with Crippen LogP contribution in [0.1, 0.15) is 20.7 Å². The molecule has 1 aliphatic heterocycles. The highest BCUT2D eigenvalue weighted by atomic mass is 19.2. The molecule has 3 nitrogen and oxygen atoms in total. The van der Waals surface area contributed by atoms with Gasteiger partial charge in [-0.15, -0.1) is 5.12 Å². The highest BCUT2D eigenvalue weighted by molar-refractivity contribution is 6.20. The van der Waals surface area contributed by atoms with Gasteiger partial charge in [-0.1, -0.05) is 4.48 Å². The molecule has 14 heavy (non-hydrogen) atoms. The van der Waals surface area contributed by atoms with Crippen LogP contribution in [0.25, 0.3) is 0 Å². The maximum absolute atomic E-state index is 13.0. The molecule has 0 radical (unpaired) electrons. The summed E-state index contributed by atoms with van der Waals surface area (Å²) in [5.74, 6) is -5.54. The van der Waals surface area contributed by atoms with Crippen LogP contribution in [-0.2, 0) is 0 Å². The lowest BCUT2D eigenvalue weighted by atomic mass is 10.1. The average Bonchev–Trinajstić information content (AvgIpc) is 2.38. The summed E-state index contributed by atoms with van der Waals surface area (Å²) in [4.78, 5) is 21.8. The van der Waals surface area contributed by atoms with Crippen molar-refractivity contribution in [3.05, 3.63) is 34.9 Å². The number of halogens is 3. The van der Waals surface area contributed by atoms with E-state index in [2.05, 4.69) is 0 Å². The molecule has 0 aliphatic carbocycles. The Labute approximate surface area is 75.7 Å². The topological polar surface area (TPSA) is 37.4 Å². The minimum absolute atomic E-state index is 0.462. The van der Waals surface area contributed by atoms with Crippen molar-refractivity contribution in [3.63, 3.8) is 0 Å². The predicted octanol–water partition coefficient (Wildman–Crippen LogP) is 1.45. The third kappa shape index (κ3) is 0.876. The van der Waals surface area contributed by atoms with Crippen LogP contribution in [0.4, 0.5) is 13.3 Å². The van der Waals surface area contributed by atoms with Crippen LogP contribution < -0.4 is 0 Å². The van der Waals surface area contributed by atoms with Crippen LogP contribution >= 0.6 is 0 Å². The van der Waals surface area contributed by atoms with E-state index < -0.39 is 39.7 Å². The molecule has 1 aromatic rings. The minimum Gasteiger partial charge on any atom is -0.266 e. The van der Waals surface area contributed by atoms with E-state index in [1.807, 2.05) is 0 Å². The SMILES string of the molecule is O=C1c2ccc(F)c(F)c2C(=O)N1F. The van der Waals surface area contributed by atoms with Crippen LogP contribution in [0.5, 0.6) is 0 Å². The Bertz CT molecular complexity index is 458. The van der Waals surface area contributed by atoms with E-state index >= 15 is 0 Å². The molecule has 72 valence electrons. The standard InChI is InChI=1S/C8H2F3NO2/c9-4-2-1-3-5(6(4)10)8(14)12(11)7(3)13/h1-2H. The molecule has 0 saturated carbocycles. The van der Waals surface area contributed by atoms with E-state index in [1.165, 1.54) is 0 Å². The van der Waals surface area contributed by atoms with E-state index in [1.54, 1.807) is 0 Å². The summed E-state index contributed by atoms with van der Waals surface area (Å²) >= 11 is 0. The fourth-order valence-electron chi connectivity index (χ4n) is 1.23. The molecule has 6 heteroatoms. The van der Waals surface area contributed by atoms with Crippen LogP contribution in [0, 0.1) is 11.6 Å². The van der Waals surface area contributed by atoms with Gasteiger partial charge in [0, 0.05) is 0 Å². The second-order valence-corrected chi connectivity index (χ2v) is 2.68. The Morgan fingerprint density at radius 1 is 1.07 bits per heavy atom. The van der Waals surface area contributed by atoms with Gasteiger partial charge < -0.3 is 0 Å². The molecule has 0 saturated heterocycles. The third-order valence-corrected chi connectivity index (χ3v) is 1.90. The zero-order valence-corrected chi connectivity index (χ0v) is 6.55. The highest BCUT2D eigenvalue weighted by Crippen LogP contribution is 2.26. The molecule has 1 aromatic carbocycles. The van der Waals surface area contributed by atoms with Gasteiger partial charge in [0.15, 0.2) is 11.6 Å². The molecule has 0 unspecified atom stereocenters. The molecule has 0 atom stereocenters. The van der Waals surface area contributed by atoms with Crippen molar-refractivity contribution in [1.82, 2.24) is 5.12 Å². The molecular formula is C8H2F3NO2. The van der Waals surface area contributed by atoms with E-state index in [0.29, 0.717) is 6.07 Å². The first-order valence-electron chi connectivity index (χ1n) is 3.56. The number of hydrogen-bond acceptors (Lipinski definition) is 2. The van der Waals surface area contributed by atoms with Crippen molar-refractivity contribution in [3.8, 4) is 0 Å². The highest BCUT2D eigenvalue weighted by Gasteiger charge is 2.39. The summed E-state index contributed by atoms with van der Waals surface area (Å²) in [5.41, 5.74) is -1.31. The molecule has 0 spiro atoms. The number of amides is 2. The molecule has 2 rings (SSSR count). The van der Waals surface area contributed by atoms with E-state index in [9.17, 15) is 22.9 Å². The van der Waals surface area contributed by atoms with Gasteiger partial charge in [-0.25, -0.2) is 8.78 Å². The van der Waals surface area contributed by atoms with Gasteiger partial charge in [-0.2, -0.15) is 0 Å². The summed E-state index contributed by atoms with van der Waals surface area (Å²) in [6, 6.07) is 1.53. The van der Waals surface area contributed by atoms with Crippen LogP contribution in [0.2, 0.25) is 0 Å². The first-order valence-corrected chi connectivity index (χ1v) is 3.56. The number of fused-ring (bicyclic) bond motifs is 1. The van der Waals surface area contributed by atoms with Gasteiger partial charge in [0.1, 0.15) is 0 Å². The zero-order valence-electron chi connectivity index (χ0n) is 6.55. The van der Waals surface area contributed by atoms with E-state index in [-0.39, 0.29) is 0 Å². The van der Waals surface area contributed by atoms with Crippen molar-refractivity contribution >= 4 is 11.8 Å². The monoisotopic (exact) mass is 201 g/mol. The fourth-order valence-corrected chi connectivity index (χ4v) is 1.23. The Balaban J connectivity index is 2.76. The number of carbonyl (C=O) groups excluding carboxylic acids is 2. The molecule has 0 bridgehead atoms. The van der Waals surface area contributed by atoms with Crippen LogP contribution in [0.3, 0.4) is 0 Å². The first-order chi connectivity index (χ1) is 6.54. The van der Waals surface area contributed by atoms with Crippen molar-refractivity contribution in [2.75, 3.05) is 0 Å². The van der Waals surface area contributed by atoms with Gasteiger partial charge in [0.25, 0.3) is 11.8 Å². The smallest absolute Gasteiger partial charge is 0.266 e. The summed E-state index contributed by atoms with van der Waals surface area (Å²) in [5, 5.41) is -0.743. The number of carbonyl (C=O) groups is 2. The number of benzene rings is 1. The first kappa shape index (κ1) is 8.74. The molecule has 0 aromatic heterocycles. The largest absolute Gasteiger partial charge is 0.293 e. The van der Waals surface area contributed by atoms with Crippen LogP contribution in [-0.4, -0.2) is 16.9 Å². The van der Waals surface area contributed by atoms with Gasteiger partial charge in [0.2, 0.25) is 0 Å². The van der Waals surface area contributed by atoms with Gasteiger partial charge in [0.05, 0.1) is 11.1 Å². The summed E-state index contributed by atoms with van der Waals surface area (Å²) in [6.45, 7) is 0. The molecular weight excluding hydrogens is 199 g/mol. The Hall–Kier alpha value is -1.85. The number of rotatable bonds is 0. The lowest BCUT2D eigenvalue weighted by molar-refractivity contribution is 0.0228. The van der Waals surface area contributed by atoms with E-state index in [4.69, 9.17) is 0 Å². The molecule has 2 amide bonds. The molecule has 0 N–H and O–H groups in total. The lowest BCUT2D eigenvalue weighted by Gasteiger charge is -1.96. The quantitative estimate of drug-likeness (QED) is 0.470. The van der Waals surface area contributed by atoms with Crippen molar-refractivity contribution < 1.29 is 22.9 Å². The maximum atomic E-state index is 13.0.